The van der Waals surface area contributed by atoms with E-state index in [9.17, 15) is 0 Å². The molecule has 0 bridgehead atoms. The van der Waals surface area contributed by atoms with E-state index >= 15 is 0 Å². The van der Waals surface area contributed by atoms with Gasteiger partial charge in [0.25, 0.3) is 0 Å². The second-order valence-corrected chi connectivity index (χ2v) is 17.4. The van der Waals surface area contributed by atoms with Crippen LogP contribution in [0.15, 0.2) is 24.3 Å². The average molecular weight is 453 g/mol. The predicted molar refractivity (Wildman–Crippen MR) is 141 cm³/mol. The lowest BCUT2D eigenvalue weighted by Crippen LogP contribution is -2.37. The average Bonchev–Trinajstić information content (AvgIpc) is 3.07. The second-order valence-electron chi connectivity index (χ2n) is 13.0. The van der Waals surface area contributed by atoms with Gasteiger partial charge in [-0.3, -0.25) is 0 Å². The third kappa shape index (κ3) is 4.69. The second kappa shape index (κ2) is 9.06. The molecule has 1 saturated carbocycles. The summed E-state index contributed by atoms with van der Waals surface area (Å²) in [5.41, 5.74) is 7.23. The molecule has 0 radical (unpaired) electrons. The highest BCUT2D eigenvalue weighted by molar-refractivity contribution is 6.69. The van der Waals surface area contributed by atoms with Crippen molar-refractivity contribution in [3.8, 4) is 0 Å². The maximum Gasteiger partial charge on any atom is 0.184 e. The molecule has 1 nitrogen and oxygen atoms in total. The molecule has 0 unspecified atom stereocenters. The summed E-state index contributed by atoms with van der Waals surface area (Å²) in [6, 6.07) is 5.03. The van der Waals surface area contributed by atoms with Gasteiger partial charge < -0.3 is 4.43 Å². The van der Waals surface area contributed by atoms with E-state index in [-0.39, 0.29) is 0 Å². The monoisotopic (exact) mass is 452 g/mol. The Kier molecular flexibility index (Phi) is 6.87. The highest BCUT2D eigenvalue weighted by Gasteiger charge is 2.51. The summed E-state index contributed by atoms with van der Waals surface area (Å²) < 4.78 is 6.49. The van der Waals surface area contributed by atoms with Gasteiger partial charge in [0.1, 0.15) is 0 Å². The van der Waals surface area contributed by atoms with Crippen LogP contribution in [-0.4, -0.2) is 14.4 Å². The molecule has 0 saturated heterocycles. The van der Waals surface area contributed by atoms with Gasteiger partial charge in [0.2, 0.25) is 0 Å². The molecule has 0 aromatic heterocycles. The van der Waals surface area contributed by atoms with Crippen molar-refractivity contribution in [1.29, 1.82) is 0 Å². The fourth-order valence-electron chi connectivity index (χ4n) is 7.24. The largest absolute Gasteiger partial charge is 0.414 e. The van der Waals surface area contributed by atoms with E-state index in [2.05, 4.69) is 78.5 Å². The van der Waals surface area contributed by atoms with Crippen LogP contribution in [0, 0.1) is 29.1 Å². The zero-order valence-corrected chi connectivity index (χ0v) is 23.1. The van der Waals surface area contributed by atoms with E-state index in [1.54, 1.807) is 22.3 Å². The maximum absolute atomic E-state index is 6.49. The van der Waals surface area contributed by atoms with Crippen LogP contribution >= 0.6 is 0 Å². The topological polar surface area (TPSA) is 9.23 Å². The SMILES string of the molecule is CC(C)[C@@H](C)/C=C/[C@@H](C)[C@H]1CC[C@H]2c3ccc4c(c3CC[C@]12C)CC[C@H](O[Si](C)(C)C)C4. The number of fused-ring (bicyclic) bond motifs is 5. The first-order valence-corrected chi connectivity index (χ1v) is 16.9. The zero-order valence-electron chi connectivity index (χ0n) is 22.1. The van der Waals surface area contributed by atoms with E-state index in [4.69, 9.17) is 4.43 Å². The minimum atomic E-state index is -1.47. The Hall–Kier alpha value is -0.863. The third-order valence-corrected chi connectivity index (χ3v) is 10.4. The fraction of sp³-hybridized carbons (Fsp3) is 0.733. The van der Waals surface area contributed by atoms with Crippen molar-refractivity contribution in [2.24, 2.45) is 29.1 Å². The summed E-state index contributed by atoms with van der Waals surface area (Å²) in [5.74, 6) is 3.67. The highest BCUT2D eigenvalue weighted by Crippen LogP contribution is 2.61. The van der Waals surface area contributed by atoms with Crippen molar-refractivity contribution in [3.05, 3.63) is 46.5 Å². The Labute approximate surface area is 199 Å². The lowest BCUT2D eigenvalue weighted by atomic mass is 9.60. The molecule has 0 heterocycles. The number of allylic oxidation sites excluding steroid dienone is 2. The van der Waals surface area contributed by atoms with Crippen molar-refractivity contribution in [3.63, 3.8) is 0 Å². The summed E-state index contributed by atoms with van der Waals surface area (Å²) in [6.07, 6.45) is 14.5. The molecule has 3 aliphatic rings. The molecule has 6 atom stereocenters. The summed E-state index contributed by atoms with van der Waals surface area (Å²) in [6.45, 7) is 19.1. The summed E-state index contributed by atoms with van der Waals surface area (Å²) >= 11 is 0. The molecule has 3 aliphatic carbocycles. The molecular weight excluding hydrogens is 404 g/mol. The predicted octanol–water partition coefficient (Wildman–Crippen LogP) is 8.33. The van der Waals surface area contributed by atoms with Crippen LogP contribution in [0.5, 0.6) is 0 Å². The Bertz CT molecular complexity index is 847. The quantitative estimate of drug-likeness (QED) is 0.311. The molecule has 1 aromatic carbocycles. The number of rotatable bonds is 6. The van der Waals surface area contributed by atoms with Gasteiger partial charge in [-0.1, -0.05) is 58.9 Å². The van der Waals surface area contributed by atoms with Crippen molar-refractivity contribution in [2.45, 2.75) is 111 Å². The van der Waals surface area contributed by atoms with Crippen LogP contribution in [-0.2, 0) is 23.7 Å². The summed E-state index contributed by atoms with van der Waals surface area (Å²) in [7, 11) is -1.47. The molecule has 0 N–H and O–H groups in total. The molecular formula is C30H48OSi. The van der Waals surface area contributed by atoms with Crippen LogP contribution in [0.3, 0.4) is 0 Å². The number of hydrogen-bond donors (Lipinski definition) is 0. The lowest BCUT2D eigenvalue weighted by molar-refractivity contribution is 0.141. The van der Waals surface area contributed by atoms with E-state index in [0.29, 0.717) is 23.4 Å². The van der Waals surface area contributed by atoms with Crippen molar-refractivity contribution in [2.75, 3.05) is 0 Å². The van der Waals surface area contributed by atoms with Crippen LogP contribution in [0.4, 0.5) is 0 Å². The molecule has 0 aliphatic heterocycles. The smallest absolute Gasteiger partial charge is 0.184 e. The fourth-order valence-corrected chi connectivity index (χ4v) is 8.44. The standard InChI is InChI=1S/C30H48OSi/c1-20(2)21(3)9-10-22(4)28-15-16-29-27-13-11-23-19-24(31-32(6,7)8)12-14-25(23)26(27)17-18-30(28,29)5/h9-11,13,20-22,24,28-29H,12,14-19H2,1-8H3/b10-9+/t21-,22+,24-,28+,29-,30+/m0/s1. The molecule has 1 aromatic rings. The van der Waals surface area contributed by atoms with Crippen molar-refractivity contribution < 1.29 is 4.43 Å². The van der Waals surface area contributed by atoms with Crippen molar-refractivity contribution >= 4 is 8.32 Å². The summed E-state index contributed by atoms with van der Waals surface area (Å²) in [5, 5.41) is 0. The molecule has 4 rings (SSSR count). The molecule has 1 fully saturated rings. The van der Waals surface area contributed by atoms with Gasteiger partial charge in [0.15, 0.2) is 8.32 Å². The molecule has 32 heavy (non-hydrogen) atoms. The molecule has 0 amide bonds. The molecule has 178 valence electrons. The van der Waals surface area contributed by atoms with E-state index in [1.807, 2.05) is 0 Å². The molecule has 2 heteroatoms. The maximum atomic E-state index is 6.49. The van der Waals surface area contributed by atoms with E-state index in [1.165, 1.54) is 38.5 Å². The van der Waals surface area contributed by atoms with Gasteiger partial charge in [-0.25, -0.2) is 0 Å². The zero-order chi connectivity index (χ0) is 23.3. The first-order valence-electron chi connectivity index (χ1n) is 13.5. The first-order chi connectivity index (χ1) is 15.0. The van der Waals surface area contributed by atoms with Crippen LogP contribution < -0.4 is 0 Å². The minimum absolute atomic E-state index is 0.442. The number of hydrogen-bond acceptors (Lipinski definition) is 1. The number of benzene rings is 1. The summed E-state index contributed by atoms with van der Waals surface area (Å²) in [4.78, 5) is 0. The van der Waals surface area contributed by atoms with Gasteiger partial charge >= 0.3 is 0 Å². The minimum Gasteiger partial charge on any atom is -0.414 e. The highest BCUT2D eigenvalue weighted by atomic mass is 28.4. The van der Waals surface area contributed by atoms with Gasteiger partial charge in [-0.2, -0.15) is 0 Å². The van der Waals surface area contributed by atoms with Crippen LogP contribution in [0.25, 0.3) is 0 Å². The van der Waals surface area contributed by atoms with Crippen molar-refractivity contribution in [1.82, 2.24) is 0 Å². The van der Waals surface area contributed by atoms with E-state index in [0.717, 1.165) is 24.2 Å². The van der Waals surface area contributed by atoms with E-state index < -0.39 is 8.32 Å². The van der Waals surface area contributed by atoms with Gasteiger partial charge in [-0.15, -0.1) is 0 Å². The normalized spacial score (nSPS) is 32.0. The first kappa shape index (κ1) is 24.3. The van der Waals surface area contributed by atoms with Gasteiger partial charge in [0.05, 0.1) is 0 Å². The van der Waals surface area contributed by atoms with Gasteiger partial charge in [-0.05, 0) is 122 Å². The Morgan fingerprint density at radius 1 is 0.969 bits per heavy atom. The molecule has 0 spiro atoms. The van der Waals surface area contributed by atoms with Crippen LogP contribution in [0.1, 0.15) is 88.5 Å². The Balaban J connectivity index is 1.53. The lowest BCUT2D eigenvalue weighted by Gasteiger charge is -2.45. The van der Waals surface area contributed by atoms with Gasteiger partial charge in [0, 0.05) is 6.10 Å². The Morgan fingerprint density at radius 2 is 1.72 bits per heavy atom. The third-order valence-electron chi connectivity index (χ3n) is 9.35. The van der Waals surface area contributed by atoms with Crippen LogP contribution in [0.2, 0.25) is 19.6 Å². The Morgan fingerprint density at radius 3 is 2.41 bits per heavy atom.